The molecular weight excluding hydrogens is 488 g/mol. The van der Waals surface area contributed by atoms with Gasteiger partial charge in [0, 0.05) is 17.5 Å². The van der Waals surface area contributed by atoms with Gasteiger partial charge in [-0.05, 0) is 67.1 Å². The van der Waals surface area contributed by atoms with Crippen molar-refractivity contribution >= 4 is 34.4 Å². The van der Waals surface area contributed by atoms with Crippen molar-refractivity contribution in [1.82, 2.24) is 15.6 Å². The molecule has 3 atom stereocenters. The topological polar surface area (TPSA) is 94.2 Å². The lowest BCUT2D eigenvalue weighted by molar-refractivity contribution is -0.148. The van der Waals surface area contributed by atoms with E-state index in [-0.39, 0.29) is 29.6 Å². The molecule has 0 aliphatic heterocycles. The third-order valence-electron chi connectivity index (χ3n) is 7.26. The van der Waals surface area contributed by atoms with E-state index >= 15 is 0 Å². The Bertz CT molecular complexity index is 1280. The number of fused-ring (bicyclic) bond motifs is 3. The third-order valence-corrected chi connectivity index (χ3v) is 7.56. The second-order valence-corrected chi connectivity index (χ2v) is 10.0. The molecule has 4 rings (SSSR count). The minimum absolute atomic E-state index is 0.0198. The van der Waals surface area contributed by atoms with Crippen molar-refractivity contribution < 1.29 is 23.5 Å². The number of hydrogen-bond donors (Lipinski definition) is 4. The quantitative estimate of drug-likeness (QED) is 0.329. The summed E-state index contributed by atoms with van der Waals surface area (Å²) < 4.78 is 27.3. The second-order valence-electron chi connectivity index (χ2n) is 9.64. The molecule has 1 aliphatic carbocycles. The van der Waals surface area contributed by atoms with E-state index in [1.807, 2.05) is 13.8 Å². The number of carboxylic acids is 1. The van der Waals surface area contributed by atoms with Crippen molar-refractivity contribution in [2.75, 3.05) is 6.54 Å². The van der Waals surface area contributed by atoms with Crippen LogP contribution in [0.25, 0.3) is 10.9 Å². The van der Waals surface area contributed by atoms with Crippen LogP contribution >= 0.6 is 11.6 Å². The van der Waals surface area contributed by atoms with Gasteiger partial charge in [0.1, 0.15) is 17.2 Å². The first-order valence-corrected chi connectivity index (χ1v) is 12.5. The van der Waals surface area contributed by atoms with Crippen molar-refractivity contribution in [3.8, 4) is 0 Å². The number of aromatic amines is 1. The van der Waals surface area contributed by atoms with Crippen molar-refractivity contribution in [1.29, 1.82) is 0 Å². The van der Waals surface area contributed by atoms with Crippen molar-refractivity contribution in [3.63, 3.8) is 0 Å². The Morgan fingerprint density at radius 2 is 1.92 bits per heavy atom. The Morgan fingerprint density at radius 3 is 2.58 bits per heavy atom. The molecule has 0 saturated heterocycles. The summed E-state index contributed by atoms with van der Waals surface area (Å²) in [5.74, 6) is -2.39. The Morgan fingerprint density at radius 1 is 1.19 bits per heavy atom. The van der Waals surface area contributed by atoms with E-state index in [4.69, 9.17) is 11.6 Å². The molecule has 1 unspecified atom stereocenters. The van der Waals surface area contributed by atoms with Crippen LogP contribution in [0.5, 0.6) is 0 Å². The van der Waals surface area contributed by atoms with Crippen LogP contribution < -0.4 is 10.6 Å². The van der Waals surface area contributed by atoms with Gasteiger partial charge in [-0.3, -0.25) is 4.79 Å². The fraction of sp³-hybridized carbons (Fsp3) is 0.407. The molecule has 0 bridgehead atoms. The van der Waals surface area contributed by atoms with Crippen LogP contribution in [0.1, 0.15) is 43.5 Å². The van der Waals surface area contributed by atoms with E-state index in [9.17, 15) is 23.5 Å². The summed E-state index contributed by atoms with van der Waals surface area (Å²) in [6.45, 7) is 4.38. The SMILES string of the molecule is CCC(C)[C@H](NCCc1ccc(F)cc1)C(=O)N[C@]1(C(=O)O)CCc2[nH]c3c(Cl)cc(F)cc3c2C1. The Balaban J connectivity index is 1.54. The molecule has 0 spiro atoms. The third kappa shape index (κ3) is 5.25. The zero-order valence-electron chi connectivity index (χ0n) is 20.3. The molecule has 2 aromatic carbocycles. The summed E-state index contributed by atoms with van der Waals surface area (Å²) in [4.78, 5) is 29.2. The number of nitrogens with one attached hydrogen (secondary N) is 3. The minimum atomic E-state index is -1.53. The van der Waals surface area contributed by atoms with Gasteiger partial charge in [0.05, 0.1) is 16.6 Å². The van der Waals surface area contributed by atoms with Crippen LogP contribution in [0.3, 0.4) is 0 Å². The smallest absolute Gasteiger partial charge is 0.329 e. The van der Waals surface area contributed by atoms with Crippen LogP contribution in [-0.4, -0.2) is 40.1 Å². The van der Waals surface area contributed by atoms with Crippen LogP contribution in [0.15, 0.2) is 36.4 Å². The molecule has 192 valence electrons. The minimum Gasteiger partial charge on any atom is -0.479 e. The highest BCUT2D eigenvalue weighted by molar-refractivity contribution is 6.35. The number of aliphatic carboxylic acids is 1. The largest absolute Gasteiger partial charge is 0.479 e. The summed E-state index contributed by atoms with van der Waals surface area (Å²) in [7, 11) is 0. The van der Waals surface area contributed by atoms with E-state index in [1.54, 1.807) is 12.1 Å². The van der Waals surface area contributed by atoms with Gasteiger partial charge in [-0.1, -0.05) is 44.0 Å². The maximum absolute atomic E-state index is 14.1. The number of H-pyrrole nitrogens is 1. The number of benzene rings is 2. The number of hydrogen-bond acceptors (Lipinski definition) is 3. The molecule has 0 saturated carbocycles. The Hall–Kier alpha value is -2.97. The fourth-order valence-electron chi connectivity index (χ4n) is 4.94. The molecular formula is C27H30ClF2N3O3. The fourth-order valence-corrected chi connectivity index (χ4v) is 5.19. The number of halogens is 3. The van der Waals surface area contributed by atoms with E-state index in [0.717, 1.165) is 11.3 Å². The number of amides is 1. The van der Waals surface area contributed by atoms with E-state index in [1.165, 1.54) is 24.3 Å². The number of rotatable bonds is 9. The van der Waals surface area contributed by atoms with Crippen molar-refractivity contribution in [3.05, 3.63) is 69.9 Å². The summed E-state index contributed by atoms with van der Waals surface area (Å²) in [5.41, 5.74) is 1.43. The maximum Gasteiger partial charge on any atom is 0.329 e. The molecule has 36 heavy (non-hydrogen) atoms. The summed E-state index contributed by atoms with van der Waals surface area (Å²) in [6.07, 6.45) is 1.89. The predicted molar refractivity (Wildman–Crippen MR) is 135 cm³/mol. The number of carbonyl (C=O) groups is 2. The highest BCUT2D eigenvalue weighted by Crippen LogP contribution is 2.37. The van der Waals surface area contributed by atoms with Gasteiger partial charge >= 0.3 is 5.97 Å². The molecule has 3 aromatic rings. The maximum atomic E-state index is 14.1. The molecule has 9 heteroatoms. The van der Waals surface area contributed by atoms with Gasteiger partial charge in [0.15, 0.2) is 0 Å². The van der Waals surface area contributed by atoms with Crippen LogP contribution in [0, 0.1) is 17.6 Å². The molecule has 6 nitrogen and oxygen atoms in total. The predicted octanol–water partition coefficient (Wildman–Crippen LogP) is 4.77. The lowest BCUT2D eigenvalue weighted by Crippen LogP contribution is -2.62. The highest BCUT2D eigenvalue weighted by Gasteiger charge is 2.45. The highest BCUT2D eigenvalue weighted by atomic mass is 35.5. The van der Waals surface area contributed by atoms with Gasteiger partial charge in [-0.15, -0.1) is 0 Å². The normalized spacial score (nSPS) is 19.0. The van der Waals surface area contributed by atoms with Gasteiger partial charge in [0.2, 0.25) is 5.91 Å². The zero-order valence-corrected chi connectivity index (χ0v) is 21.0. The lowest BCUT2D eigenvalue weighted by atomic mass is 9.79. The molecule has 1 aromatic heterocycles. The number of aryl methyl sites for hydroxylation is 1. The number of aromatic nitrogens is 1. The van der Waals surface area contributed by atoms with Crippen molar-refractivity contribution in [2.45, 2.75) is 57.5 Å². The molecule has 0 radical (unpaired) electrons. The van der Waals surface area contributed by atoms with Crippen LogP contribution in [0.4, 0.5) is 8.78 Å². The van der Waals surface area contributed by atoms with E-state index < -0.39 is 29.3 Å². The first-order valence-electron chi connectivity index (χ1n) is 12.1. The van der Waals surface area contributed by atoms with Gasteiger partial charge in [0.25, 0.3) is 0 Å². The first-order chi connectivity index (χ1) is 17.1. The number of carbonyl (C=O) groups excluding carboxylic acids is 1. The molecule has 1 aliphatic rings. The average Bonchev–Trinajstić information content (AvgIpc) is 3.20. The summed E-state index contributed by atoms with van der Waals surface area (Å²) in [6, 6.07) is 8.14. The molecule has 1 amide bonds. The summed E-state index contributed by atoms with van der Waals surface area (Å²) >= 11 is 6.21. The van der Waals surface area contributed by atoms with Crippen molar-refractivity contribution in [2.24, 2.45) is 5.92 Å². The first kappa shape index (κ1) is 26.1. The zero-order chi connectivity index (χ0) is 26.0. The molecule has 0 fully saturated rings. The second kappa shape index (κ2) is 10.6. The van der Waals surface area contributed by atoms with Gasteiger partial charge in [-0.25, -0.2) is 13.6 Å². The van der Waals surface area contributed by atoms with Gasteiger partial charge in [-0.2, -0.15) is 0 Å². The van der Waals surface area contributed by atoms with Crippen LogP contribution in [0.2, 0.25) is 5.02 Å². The summed E-state index contributed by atoms with van der Waals surface area (Å²) in [5, 5.41) is 17.1. The molecule has 1 heterocycles. The Kier molecular flexibility index (Phi) is 7.66. The standard InChI is InChI=1S/C27H30ClF2N3O3/c1-3-15(2)23(31-11-9-16-4-6-17(29)7-5-16)25(34)33-27(26(35)36)10-8-22-20(14-27)19-12-18(30)13-21(28)24(19)32-22/h4-7,12-13,15,23,31-32H,3,8-11,14H2,1-2H3,(H,33,34)(H,35,36)/t15?,23-,27+/m0/s1. The van der Waals surface area contributed by atoms with E-state index in [2.05, 4.69) is 15.6 Å². The lowest BCUT2D eigenvalue weighted by Gasteiger charge is -2.36. The van der Waals surface area contributed by atoms with Gasteiger partial charge < -0.3 is 20.7 Å². The number of carboxylic acid groups (broad SMARTS) is 1. The average molecular weight is 518 g/mol. The molecule has 4 N–H and O–H groups in total. The monoisotopic (exact) mass is 517 g/mol. The van der Waals surface area contributed by atoms with E-state index in [0.29, 0.717) is 42.3 Å². The van der Waals surface area contributed by atoms with Crippen LogP contribution in [-0.2, 0) is 28.9 Å². The Labute approximate surface area is 213 Å².